The summed E-state index contributed by atoms with van der Waals surface area (Å²) in [5.41, 5.74) is 3.47. The van der Waals surface area contributed by atoms with Crippen LogP contribution in [-0.2, 0) is 24.4 Å². The monoisotopic (exact) mass is 914 g/mol. The number of likely N-dealkylation sites (N-methyl/N-ethyl adjacent to an activating group) is 1. The number of aromatic nitrogens is 4. The summed E-state index contributed by atoms with van der Waals surface area (Å²) in [5.74, 6) is -1.06. The van der Waals surface area contributed by atoms with Crippen molar-refractivity contribution in [1.29, 1.82) is 0 Å². The molecule has 3 aliphatic rings. The van der Waals surface area contributed by atoms with E-state index < -0.39 is 36.7 Å². The number of ether oxygens (including phenoxy) is 4. The van der Waals surface area contributed by atoms with Crippen molar-refractivity contribution in [2.45, 2.75) is 51.8 Å². The Morgan fingerprint density at radius 3 is 2.42 bits per heavy atom. The Morgan fingerprint density at radius 2 is 1.73 bits per heavy atom. The number of hydrogen-bond donors (Lipinski definition) is 1. The van der Waals surface area contributed by atoms with Crippen LogP contribution >= 0.6 is 34.5 Å². The summed E-state index contributed by atoms with van der Waals surface area (Å²) in [4.78, 5) is 31.6. The Morgan fingerprint density at radius 1 is 1.00 bits per heavy atom. The first kappa shape index (κ1) is 43.4. The highest BCUT2D eigenvalue weighted by Gasteiger charge is 2.33. The van der Waals surface area contributed by atoms with Gasteiger partial charge in [0.15, 0.2) is 5.75 Å². The normalized spacial score (nSPS) is 17.6. The van der Waals surface area contributed by atoms with Crippen LogP contribution in [0.25, 0.3) is 31.8 Å². The van der Waals surface area contributed by atoms with Crippen molar-refractivity contribution in [3.63, 3.8) is 0 Å². The highest BCUT2D eigenvalue weighted by Crippen LogP contribution is 2.53. The molecular formula is C43H40Cl2F4N6O6S. The van der Waals surface area contributed by atoms with E-state index >= 15 is 0 Å². The smallest absolute Gasteiger partial charge is 0.406 e. The Kier molecular flexibility index (Phi) is 12.5. The maximum absolute atomic E-state index is 14.3. The summed E-state index contributed by atoms with van der Waals surface area (Å²) < 4.78 is 80.8. The van der Waals surface area contributed by atoms with E-state index in [0.717, 1.165) is 37.1 Å². The van der Waals surface area contributed by atoms with Gasteiger partial charge in [-0.2, -0.15) is 13.2 Å². The van der Waals surface area contributed by atoms with Crippen molar-refractivity contribution in [3.8, 4) is 44.7 Å². The minimum atomic E-state index is -4.50. The molecule has 9 rings (SSSR count). The largest absolute Gasteiger partial charge is 0.490 e. The molecule has 0 saturated carbocycles. The molecule has 12 nitrogen and oxygen atoms in total. The number of nitrogens with zero attached hydrogens (tertiary/aromatic N) is 6. The van der Waals surface area contributed by atoms with Crippen LogP contribution in [0.15, 0.2) is 61.3 Å². The molecule has 62 heavy (non-hydrogen) atoms. The van der Waals surface area contributed by atoms with Gasteiger partial charge in [-0.3, -0.25) is 4.90 Å². The number of carboxylic acids is 1. The highest BCUT2D eigenvalue weighted by molar-refractivity contribution is 7.22. The number of thiophene rings is 1. The lowest BCUT2D eigenvalue weighted by atomic mass is 9.92. The van der Waals surface area contributed by atoms with Gasteiger partial charge in [-0.05, 0) is 73.5 Å². The number of imidazole rings is 1. The predicted molar refractivity (Wildman–Crippen MR) is 226 cm³/mol. The maximum atomic E-state index is 14.3. The second-order valence-corrected chi connectivity index (χ2v) is 17.0. The van der Waals surface area contributed by atoms with E-state index in [-0.39, 0.29) is 52.8 Å². The average Bonchev–Trinajstić information content (AvgIpc) is 3.84. The molecule has 326 valence electrons. The van der Waals surface area contributed by atoms with Gasteiger partial charge in [-0.25, -0.2) is 24.1 Å². The van der Waals surface area contributed by atoms with E-state index in [4.69, 9.17) is 42.1 Å². The predicted octanol–water partition coefficient (Wildman–Crippen LogP) is 8.89. The van der Waals surface area contributed by atoms with Gasteiger partial charge in [0.25, 0.3) is 0 Å². The number of halogens is 6. The third-order valence-electron chi connectivity index (χ3n) is 10.9. The number of aliphatic carboxylic acids is 1. The number of carbonyl (C=O) groups is 1. The molecule has 0 spiro atoms. The second kappa shape index (κ2) is 17.9. The molecule has 6 heterocycles. The summed E-state index contributed by atoms with van der Waals surface area (Å²) in [5, 5.41) is 11.6. The van der Waals surface area contributed by atoms with Gasteiger partial charge >= 0.3 is 12.1 Å². The van der Waals surface area contributed by atoms with Crippen molar-refractivity contribution in [2.75, 3.05) is 46.4 Å². The summed E-state index contributed by atoms with van der Waals surface area (Å²) >= 11 is 15.8. The van der Waals surface area contributed by atoms with E-state index in [0.29, 0.717) is 60.8 Å². The van der Waals surface area contributed by atoms with Crippen LogP contribution in [0.3, 0.4) is 0 Å². The Labute approximate surface area is 367 Å². The molecule has 3 aliphatic heterocycles. The molecule has 1 fully saturated rings. The SMILES string of the molecule is Cc1c(Cl)c2c(Cl)c(C)c1-c1c(-c3ccc(F)cc3)sc3ncnc(c13)O[C@@H](C(=O)O)Cc1cc(ccc1OCc1cncn1CC(F)(F)F)OC[C@@H](CN1CCN(C)CC1)O2. The standard InChI is InChI=1S/C43H40Cl2F4N6O6S/c1-23-33-24(2)37(45)38(36(23)44)60-30(17-54-12-10-53(3)11-13-54)19-58-29-8-9-31(59-18-28-16-50-22-55(28)20-43(47,48)49)26(14-29)15-32(42(56)57)61-40-35-34(33)39(62-41(35)52-21-51-40)25-4-6-27(46)7-5-25/h4-9,14,16,21-22,30,32H,10-13,15,17-20H2,1-3H3,(H,56,57)/t30-,32-/m1/s1. The molecule has 1 saturated heterocycles. The molecule has 1 N–H and O–H groups in total. The minimum absolute atomic E-state index is 0.0227. The van der Waals surface area contributed by atoms with Crippen LogP contribution in [0, 0.1) is 19.7 Å². The van der Waals surface area contributed by atoms with Crippen LogP contribution < -0.4 is 18.9 Å². The molecule has 0 aliphatic carbocycles. The number of carboxylic acid groups (broad SMARTS) is 1. The summed E-state index contributed by atoms with van der Waals surface area (Å²) in [6.07, 6.45) is -3.37. The second-order valence-electron chi connectivity index (χ2n) is 15.2. The zero-order chi connectivity index (χ0) is 43.9. The van der Waals surface area contributed by atoms with Gasteiger partial charge in [-0.1, -0.05) is 35.3 Å². The number of fused-ring (bicyclic) bond motifs is 7. The quantitative estimate of drug-likeness (QED) is 0.147. The Balaban J connectivity index is 1.28. The molecule has 2 atom stereocenters. The molecule has 3 aromatic carbocycles. The summed E-state index contributed by atoms with van der Waals surface area (Å²) in [6.45, 7) is 5.85. The number of piperazine rings is 1. The van der Waals surface area contributed by atoms with Crippen molar-refractivity contribution in [3.05, 3.63) is 99.6 Å². The van der Waals surface area contributed by atoms with E-state index in [2.05, 4.69) is 31.8 Å². The lowest BCUT2D eigenvalue weighted by Gasteiger charge is -2.35. The van der Waals surface area contributed by atoms with E-state index in [9.17, 15) is 27.5 Å². The van der Waals surface area contributed by atoms with E-state index in [1.165, 1.54) is 36.0 Å². The van der Waals surface area contributed by atoms with Gasteiger partial charge in [0.05, 0.1) is 33.6 Å². The molecule has 6 aromatic rings. The maximum Gasteiger partial charge on any atom is 0.406 e. The lowest BCUT2D eigenvalue weighted by Crippen LogP contribution is -2.49. The zero-order valence-corrected chi connectivity index (χ0v) is 36.0. The minimum Gasteiger partial charge on any atom is -0.490 e. The van der Waals surface area contributed by atoms with Crippen LogP contribution in [0.5, 0.6) is 23.1 Å². The Hall–Kier alpha value is -5.20. The lowest BCUT2D eigenvalue weighted by molar-refractivity contribution is -0.145. The van der Waals surface area contributed by atoms with Crippen molar-refractivity contribution >= 4 is 50.7 Å². The van der Waals surface area contributed by atoms with Crippen molar-refractivity contribution < 1.29 is 46.4 Å². The molecule has 4 bridgehead atoms. The van der Waals surface area contributed by atoms with Gasteiger partial charge in [0.1, 0.15) is 54.3 Å². The molecular weight excluding hydrogens is 875 g/mol. The van der Waals surface area contributed by atoms with Crippen LogP contribution in [0.4, 0.5) is 17.6 Å². The molecule has 19 heteroatoms. The first-order valence-corrected chi connectivity index (χ1v) is 21.1. The van der Waals surface area contributed by atoms with Gasteiger partial charge in [-0.15, -0.1) is 11.3 Å². The van der Waals surface area contributed by atoms with Gasteiger partial charge < -0.3 is 33.5 Å². The fourth-order valence-corrected chi connectivity index (χ4v) is 9.33. The summed E-state index contributed by atoms with van der Waals surface area (Å²) in [7, 11) is 2.06. The molecule has 0 amide bonds. The summed E-state index contributed by atoms with van der Waals surface area (Å²) in [6, 6.07) is 10.7. The number of rotatable bonds is 8. The number of hydrogen-bond acceptors (Lipinski definition) is 11. The Bertz CT molecular complexity index is 2590. The topological polar surface area (TPSA) is 124 Å². The zero-order valence-electron chi connectivity index (χ0n) is 33.6. The van der Waals surface area contributed by atoms with Gasteiger partial charge in [0.2, 0.25) is 12.0 Å². The van der Waals surface area contributed by atoms with Crippen LogP contribution in [-0.4, -0.2) is 105 Å². The van der Waals surface area contributed by atoms with Crippen molar-refractivity contribution in [2.24, 2.45) is 0 Å². The van der Waals surface area contributed by atoms with E-state index in [1.807, 2.05) is 13.8 Å². The van der Waals surface area contributed by atoms with Gasteiger partial charge in [0, 0.05) is 55.1 Å². The first-order chi connectivity index (χ1) is 29.6. The third kappa shape index (κ3) is 9.27. The fraction of sp³-hybridized carbons (Fsp3) is 0.349. The fourth-order valence-electron chi connectivity index (χ4n) is 7.67. The average molecular weight is 916 g/mol. The third-order valence-corrected chi connectivity index (χ3v) is 12.9. The first-order valence-electron chi connectivity index (χ1n) is 19.6. The highest BCUT2D eigenvalue weighted by atomic mass is 35.5. The van der Waals surface area contributed by atoms with E-state index in [1.54, 1.807) is 30.3 Å². The number of benzene rings is 3. The van der Waals surface area contributed by atoms with Crippen LogP contribution in [0.2, 0.25) is 10.0 Å². The molecule has 3 aromatic heterocycles. The molecule has 0 unspecified atom stereocenters. The van der Waals surface area contributed by atoms with Crippen LogP contribution in [0.1, 0.15) is 22.4 Å². The number of alkyl halides is 3. The van der Waals surface area contributed by atoms with Crippen molar-refractivity contribution in [1.82, 2.24) is 29.3 Å². The molecule has 0 radical (unpaired) electrons.